The van der Waals surface area contributed by atoms with E-state index in [4.69, 9.17) is 4.74 Å². The Morgan fingerprint density at radius 1 is 1.20 bits per heavy atom. The number of rotatable bonds is 1. The van der Waals surface area contributed by atoms with Crippen LogP contribution in [0, 0.1) is 0 Å². The highest BCUT2D eigenvalue weighted by Crippen LogP contribution is 2.30. The van der Waals surface area contributed by atoms with Crippen LogP contribution in [-0.4, -0.2) is 54.1 Å². The predicted octanol–water partition coefficient (Wildman–Crippen LogP) is 0.773. The van der Waals surface area contributed by atoms with Crippen LogP contribution < -0.4 is 0 Å². The van der Waals surface area contributed by atoms with Crippen LogP contribution in [-0.2, 0) is 4.74 Å². The Hall–Kier alpha value is -0.330. The van der Waals surface area contributed by atoms with Crippen molar-refractivity contribution in [1.29, 1.82) is 0 Å². The number of hydrogen-bond donors (Lipinski definition) is 1. The molecule has 2 bridgehead atoms. The van der Waals surface area contributed by atoms with Gasteiger partial charge in [-0.15, -0.1) is 0 Å². The van der Waals surface area contributed by atoms with Gasteiger partial charge in [-0.2, -0.15) is 13.2 Å². The summed E-state index contributed by atoms with van der Waals surface area (Å²) in [7, 11) is 0. The highest BCUT2D eigenvalue weighted by atomic mass is 19.4. The quantitative estimate of drug-likeness (QED) is 0.715. The van der Waals surface area contributed by atoms with Crippen LogP contribution in [0.2, 0.25) is 0 Å². The zero-order valence-electron chi connectivity index (χ0n) is 8.20. The van der Waals surface area contributed by atoms with Crippen LogP contribution in [0.25, 0.3) is 0 Å². The lowest BCUT2D eigenvalue weighted by atomic mass is 9.92. The number of ether oxygens (including phenoxy) is 1. The molecule has 0 aliphatic carbocycles. The summed E-state index contributed by atoms with van der Waals surface area (Å²) < 4.78 is 42.1. The Kier molecular flexibility index (Phi) is 2.92. The summed E-state index contributed by atoms with van der Waals surface area (Å²) in [6.45, 7) is -0.300. The SMILES string of the molecule is O[C@@H]1CC2COC[C@@H](C1)N2CC(F)(F)F. The molecule has 0 spiro atoms. The van der Waals surface area contributed by atoms with E-state index in [2.05, 4.69) is 0 Å². The molecular weight excluding hydrogens is 211 g/mol. The van der Waals surface area contributed by atoms with Crippen molar-refractivity contribution < 1.29 is 23.0 Å². The number of halogens is 3. The van der Waals surface area contributed by atoms with Crippen molar-refractivity contribution in [3.05, 3.63) is 0 Å². The second-order valence-corrected chi connectivity index (χ2v) is 4.26. The summed E-state index contributed by atoms with van der Waals surface area (Å²) in [5, 5.41) is 9.47. The number of aliphatic hydroxyl groups is 1. The molecule has 3 nitrogen and oxygen atoms in total. The van der Waals surface area contributed by atoms with Gasteiger partial charge >= 0.3 is 6.18 Å². The molecule has 1 unspecified atom stereocenters. The van der Waals surface area contributed by atoms with Crippen LogP contribution in [0.5, 0.6) is 0 Å². The van der Waals surface area contributed by atoms with E-state index >= 15 is 0 Å². The summed E-state index contributed by atoms with van der Waals surface area (Å²) in [5.74, 6) is 0. The van der Waals surface area contributed by atoms with E-state index in [1.165, 1.54) is 4.90 Å². The Balaban J connectivity index is 2.04. The second-order valence-electron chi connectivity index (χ2n) is 4.26. The molecule has 2 rings (SSSR count). The highest BCUT2D eigenvalue weighted by Gasteiger charge is 2.43. The second kappa shape index (κ2) is 3.92. The van der Waals surface area contributed by atoms with Gasteiger partial charge in [-0.1, -0.05) is 0 Å². The predicted molar refractivity (Wildman–Crippen MR) is 46.4 cm³/mol. The summed E-state index contributed by atoms with van der Waals surface area (Å²) >= 11 is 0. The topological polar surface area (TPSA) is 32.7 Å². The number of aliphatic hydroxyl groups excluding tert-OH is 1. The van der Waals surface area contributed by atoms with E-state index in [1.807, 2.05) is 0 Å². The van der Waals surface area contributed by atoms with Gasteiger partial charge in [0.1, 0.15) is 0 Å². The fraction of sp³-hybridized carbons (Fsp3) is 1.00. The smallest absolute Gasteiger partial charge is 0.393 e. The third kappa shape index (κ3) is 2.62. The van der Waals surface area contributed by atoms with Gasteiger partial charge in [-0.25, -0.2) is 0 Å². The minimum Gasteiger partial charge on any atom is -0.393 e. The zero-order chi connectivity index (χ0) is 11.1. The molecule has 6 heteroatoms. The van der Waals surface area contributed by atoms with E-state index < -0.39 is 18.8 Å². The average molecular weight is 225 g/mol. The number of piperidine rings is 1. The minimum atomic E-state index is -4.17. The lowest BCUT2D eigenvalue weighted by molar-refractivity contribution is -0.188. The summed E-state index contributed by atoms with van der Waals surface area (Å²) in [5.41, 5.74) is 0. The minimum absolute atomic E-state index is 0.283. The number of nitrogens with zero attached hydrogens (tertiary/aromatic N) is 1. The number of hydrogen-bond acceptors (Lipinski definition) is 3. The van der Waals surface area contributed by atoms with Crippen molar-refractivity contribution in [2.45, 2.75) is 37.2 Å². The maximum atomic E-state index is 12.3. The zero-order valence-corrected chi connectivity index (χ0v) is 8.20. The van der Waals surface area contributed by atoms with Gasteiger partial charge < -0.3 is 9.84 Å². The van der Waals surface area contributed by atoms with Crippen LogP contribution in [0.4, 0.5) is 13.2 Å². The van der Waals surface area contributed by atoms with Gasteiger partial charge in [0.2, 0.25) is 0 Å². The van der Waals surface area contributed by atoms with Crippen LogP contribution >= 0.6 is 0 Å². The first-order valence-electron chi connectivity index (χ1n) is 5.04. The molecule has 15 heavy (non-hydrogen) atoms. The molecule has 88 valence electrons. The van der Waals surface area contributed by atoms with Crippen LogP contribution in [0.15, 0.2) is 0 Å². The largest absolute Gasteiger partial charge is 0.401 e. The first-order valence-corrected chi connectivity index (χ1v) is 5.04. The van der Waals surface area contributed by atoms with Gasteiger partial charge in [0, 0.05) is 12.1 Å². The Bertz CT molecular complexity index is 220. The fourth-order valence-electron chi connectivity index (χ4n) is 2.43. The van der Waals surface area contributed by atoms with E-state index in [-0.39, 0.29) is 12.1 Å². The van der Waals surface area contributed by atoms with Crippen LogP contribution in [0.3, 0.4) is 0 Å². The van der Waals surface area contributed by atoms with E-state index in [0.717, 1.165) is 0 Å². The number of fused-ring (bicyclic) bond motifs is 2. The van der Waals surface area contributed by atoms with Gasteiger partial charge in [0.15, 0.2) is 0 Å². The average Bonchev–Trinajstić information content (AvgIpc) is 2.04. The van der Waals surface area contributed by atoms with Crippen molar-refractivity contribution in [3.63, 3.8) is 0 Å². The first kappa shape index (κ1) is 11.2. The molecule has 2 aliphatic heterocycles. The van der Waals surface area contributed by atoms with Crippen molar-refractivity contribution in [2.75, 3.05) is 19.8 Å². The third-order valence-corrected chi connectivity index (χ3v) is 3.01. The molecule has 0 amide bonds. The summed E-state index contributed by atoms with van der Waals surface area (Å²) in [4.78, 5) is 1.43. The normalized spacial score (nSPS) is 38.0. The van der Waals surface area contributed by atoms with Crippen molar-refractivity contribution in [3.8, 4) is 0 Å². The van der Waals surface area contributed by atoms with E-state index in [0.29, 0.717) is 26.1 Å². The van der Waals surface area contributed by atoms with Gasteiger partial charge in [-0.3, -0.25) is 4.90 Å². The lowest BCUT2D eigenvalue weighted by Gasteiger charge is -2.47. The Labute approximate surface area is 85.8 Å². The van der Waals surface area contributed by atoms with Crippen molar-refractivity contribution in [1.82, 2.24) is 4.90 Å². The molecule has 2 fully saturated rings. The maximum Gasteiger partial charge on any atom is 0.401 e. The molecule has 0 aromatic rings. The molecular formula is C9H14F3NO2. The standard InChI is InChI=1S/C9H14F3NO2/c10-9(11,12)5-13-6-1-8(14)2-7(13)4-15-3-6/h6-8,14H,1-5H2/t6-,7?,8+/m1/s1. The molecule has 3 atom stereocenters. The molecule has 2 aliphatic rings. The molecule has 0 radical (unpaired) electrons. The maximum absolute atomic E-state index is 12.3. The Morgan fingerprint density at radius 2 is 1.73 bits per heavy atom. The van der Waals surface area contributed by atoms with Gasteiger partial charge in [0.05, 0.1) is 25.9 Å². The van der Waals surface area contributed by atoms with Gasteiger partial charge in [-0.05, 0) is 12.8 Å². The molecule has 2 saturated heterocycles. The summed E-state index contributed by atoms with van der Waals surface area (Å²) in [6.07, 6.45) is -3.89. The monoisotopic (exact) mass is 225 g/mol. The first-order chi connectivity index (χ1) is 6.96. The summed E-state index contributed by atoms with van der Waals surface area (Å²) in [6, 6.07) is -0.566. The van der Waals surface area contributed by atoms with Crippen molar-refractivity contribution >= 4 is 0 Å². The Morgan fingerprint density at radius 3 is 2.20 bits per heavy atom. The third-order valence-electron chi connectivity index (χ3n) is 3.01. The van der Waals surface area contributed by atoms with Gasteiger partial charge in [0.25, 0.3) is 0 Å². The molecule has 0 aromatic heterocycles. The molecule has 1 N–H and O–H groups in total. The van der Waals surface area contributed by atoms with Crippen molar-refractivity contribution in [2.24, 2.45) is 0 Å². The highest BCUT2D eigenvalue weighted by molar-refractivity contribution is 4.92. The van der Waals surface area contributed by atoms with E-state index in [1.54, 1.807) is 0 Å². The lowest BCUT2D eigenvalue weighted by Crippen LogP contribution is -2.60. The number of morpholine rings is 1. The number of alkyl halides is 3. The molecule has 2 heterocycles. The van der Waals surface area contributed by atoms with E-state index in [9.17, 15) is 18.3 Å². The molecule has 0 aromatic carbocycles. The van der Waals surface area contributed by atoms with Crippen LogP contribution in [0.1, 0.15) is 12.8 Å². The fourth-order valence-corrected chi connectivity index (χ4v) is 2.43. The molecule has 0 saturated carbocycles.